The normalized spacial score (nSPS) is 30.3. The maximum atomic E-state index is 12.2. The fraction of sp³-hybridized carbons (Fsp3) is 1.00. The van der Waals surface area contributed by atoms with Gasteiger partial charge in [0.1, 0.15) is 0 Å². The van der Waals surface area contributed by atoms with Gasteiger partial charge >= 0.3 is 0 Å². The van der Waals surface area contributed by atoms with Crippen LogP contribution in [0.25, 0.3) is 0 Å². The summed E-state index contributed by atoms with van der Waals surface area (Å²) in [6.07, 6.45) is 1.66. The molecule has 2 N–H and O–H groups in total. The monoisotopic (exact) mass is 261 g/mol. The average Bonchev–Trinajstić information content (AvgIpc) is 2.25. The zero-order valence-electron chi connectivity index (χ0n) is 12.0. The van der Waals surface area contributed by atoms with Crippen LogP contribution in [0.2, 0.25) is 0 Å². The molecule has 18 heavy (non-hydrogen) atoms. The number of hydrogen-bond donors (Lipinski definition) is 2. The molecule has 5 nitrogen and oxygen atoms in total. The zero-order valence-corrected chi connectivity index (χ0v) is 12.0. The molecular formula is C13H27NO4. The van der Waals surface area contributed by atoms with Crippen molar-refractivity contribution in [1.82, 2.24) is 0 Å². The van der Waals surface area contributed by atoms with Crippen molar-refractivity contribution in [3.63, 3.8) is 0 Å². The van der Waals surface area contributed by atoms with Gasteiger partial charge in [0, 0.05) is 12.8 Å². The lowest BCUT2D eigenvalue weighted by Gasteiger charge is -2.54. The largest absolute Gasteiger partial charge is 0.634 e. The zero-order chi connectivity index (χ0) is 13.8. The molecule has 0 aromatic heterocycles. The van der Waals surface area contributed by atoms with Crippen LogP contribution in [0.15, 0.2) is 0 Å². The topological polar surface area (TPSA) is 66.2 Å². The number of aliphatic hydroxyl groups is 1. The number of quaternary nitrogens is 1. The molecule has 0 unspecified atom stereocenters. The predicted octanol–water partition coefficient (Wildman–Crippen LogP) is 0.114. The van der Waals surface area contributed by atoms with E-state index >= 15 is 0 Å². The van der Waals surface area contributed by atoms with Crippen LogP contribution >= 0.6 is 0 Å². The van der Waals surface area contributed by atoms with E-state index in [1.54, 1.807) is 0 Å². The summed E-state index contributed by atoms with van der Waals surface area (Å²) in [6.45, 7) is 9.38. The third-order valence-electron chi connectivity index (χ3n) is 3.52. The minimum Gasteiger partial charge on any atom is -0.634 e. The molecule has 0 radical (unpaired) electrons. The molecule has 1 aliphatic rings. The SMILES string of the molecule is CC1(C)CC(OCCOCCO)CC(C)(C)[NH+]1[O-]. The highest BCUT2D eigenvalue weighted by Gasteiger charge is 2.45. The van der Waals surface area contributed by atoms with E-state index < -0.39 is 0 Å². The van der Waals surface area contributed by atoms with Crippen molar-refractivity contribution < 1.29 is 19.6 Å². The Bertz CT molecular complexity index is 237. The Balaban J connectivity index is 2.39. The van der Waals surface area contributed by atoms with Crippen LogP contribution in [-0.4, -0.2) is 48.7 Å². The Morgan fingerprint density at radius 3 is 2.17 bits per heavy atom. The molecule has 5 heteroatoms. The highest BCUT2D eigenvalue weighted by atomic mass is 16.5. The summed E-state index contributed by atoms with van der Waals surface area (Å²) in [6, 6.07) is 0. The summed E-state index contributed by atoms with van der Waals surface area (Å²) >= 11 is 0. The van der Waals surface area contributed by atoms with E-state index in [1.807, 2.05) is 27.7 Å². The Kier molecular flexibility index (Phi) is 5.55. The molecular weight excluding hydrogens is 234 g/mol. The fourth-order valence-corrected chi connectivity index (χ4v) is 2.87. The fourth-order valence-electron chi connectivity index (χ4n) is 2.87. The predicted molar refractivity (Wildman–Crippen MR) is 69.4 cm³/mol. The van der Waals surface area contributed by atoms with Crippen molar-refractivity contribution in [1.29, 1.82) is 0 Å². The molecule has 1 aliphatic heterocycles. The van der Waals surface area contributed by atoms with Gasteiger partial charge in [-0.25, -0.2) is 0 Å². The van der Waals surface area contributed by atoms with Crippen molar-refractivity contribution in [2.24, 2.45) is 0 Å². The van der Waals surface area contributed by atoms with Crippen LogP contribution in [0.1, 0.15) is 40.5 Å². The van der Waals surface area contributed by atoms with Gasteiger partial charge in [-0.3, -0.25) is 0 Å². The number of hydrogen-bond acceptors (Lipinski definition) is 4. The Morgan fingerprint density at radius 1 is 1.11 bits per heavy atom. The first-order valence-corrected chi connectivity index (χ1v) is 6.65. The van der Waals surface area contributed by atoms with Gasteiger partial charge in [-0.1, -0.05) is 0 Å². The van der Waals surface area contributed by atoms with Crippen LogP contribution in [0, 0.1) is 5.21 Å². The number of aliphatic hydroxyl groups excluding tert-OH is 1. The molecule has 1 heterocycles. The molecule has 108 valence electrons. The Morgan fingerprint density at radius 2 is 1.67 bits per heavy atom. The number of nitrogens with one attached hydrogen (secondary N) is 1. The van der Waals surface area contributed by atoms with Crippen LogP contribution in [0.3, 0.4) is 0 Å². The number of ether oxygens (including phenoxy) is 2. The highest BCUT2D eigenvalue weighted by Crippen LogP contribution is 2.25. The van der Waals surface area contributed by atoms with Crippen molar-refractivity contribution >= 4 is 0 Å². The van der Waals surface area contributed by atoms with Gasteiger partial charge in [-0.2, -0.15) is 0 Å². The third-order valence-corrected chi connectivity index (χ3v) is 3.52. The van der Waals surface area contributed by atoms with Gasteiger partial charge in [0.15, 0.2) is 0 Å². The summed E-state index contributed by atoms with van der Waals surface area (Å²) in [5.74, 6) is 0. The van der Waals surface area contributed by atoms with Crippen molar-refractivity contribution in [2.75, 3.05) is 26.4 Å². The standard InChI is InChI=1S/C13H27NO4/c1-12(2)9-11(10-13(3,4)14(12)16)18-8-7-17-6-5-15/h11,14-15H,5-10H2,1-4H3. The maximum absolute atomic E-state index is 12.2. The highest BCUT2D eigenvalue weighted by molar-refractivity contribution is 4.87. The lowest BCUT2D eigenvalue weighted by atomic mass is 9.80. The maximum Gasteiger partial charge on any atom is 0.0946 e. The first-order valence-electron chi connectivity index (χ1n) is 6.65. The van der Waals surface area contributed by atoms with Gasteiger partial charge in [0.2, 0.25) is 0 Å². The first-order chi connectivity index (χ1) is 8.29. The molecule has 0 atom stereocenters. The van der Waals surface area contributed by atoms with E-state index in [0.717, 1.165) is 12.8 Å². The molecule has 0 amide bonds. The number of rotatable bonds is 6. The van der Waals surface area contributed by atoms with Gasteiger partial charge in [-0.05, 0) is 27.7 Å². The number of piperidine rings is 1. The quantitative estimate of drug-likeness (QED) is 0.526. The molecule has 0 saturated carbocycles. The smallest absolute Gasteiger partial charge is 0.0946 e. The van der Waals surface area contributed by atoms with Crippen LogP contribution in [0.5, 0.6) is 0 Å². The molecule has 0 bridgehead atoms. The van der Waals surface area contributed by atoms with Crippen LogP contribution in [-0.2, 0) is 9.47 Å². The van der Waals surface area contributed by atoms with E-state index in [4.69, 9.17) is 14.6 Å². The van der Waals surface area contributed by atoms with Gasteiger partial charge in [0.05, 0.1) is 43.6 Å². The molecule has 1 rings (SSSR count). The van der Waals surface area contributed by atoms with Crippen molar-refractivity contribution in [2.45, 2.75) is 57.7 Å². The second-order valence-electron chi connectivity index (χ2n) is 6.33. The third kappa shape index (κ3) is 4.17. The Hall–Kier alpha value is -0.200. The first kappa shape index (κ1) is 15.9. The molecule has 1 saturated heterocycles. The molecule has 1 fully saturated rings. The summed E-state index contributed by atoms with van der Waals surface area (Å²) < 4.78 is 10.9. The molecule has 0 aliphatic carbocycles. The van der Waals surface area contributed by atoms with E-state index in [0.29, 0.717) is 24.9 Å². The van der Waals surface area contributed by atoms with Gasteiger partial charge in [0.25, 0.3) is 0 Å². The van der Waals surface area contributed by atoms with Gasteiger partial charge < -0.3 is 24.9 Å². The molecule has 0 aromatic carbocycles. The summed E-state index contributed by atoms with van der Waals surface area (Å²) in [4.78, 5) is 0. The second-order valence-corrected chi connectivity index (χ2v) is 6.33. The van der Waals surface area contributed by atoms with E-state index in [1.165, 1.54) is 0 Å². The van der Waals surface area contributed by atoms with Crippen molar-refractivity contribution in [3.8, 4) is 0 Å². The van der Waals surface area contributed by atoms with Crippen LogP contribution < -0.4 is 5.06 Å². The minimum absolute atomic E-state index is 0.0397. The Labute approximate surface area is 110 Å². The minimum atomic E-state index is -0.307. The van der Waals surface area contributed by atoms with Gasteiger partial charge in [-0.15, -0.1) is 0 Å². The van der Waals surface area contributed by atoms with Crippen molar-refractivity contribution in [3.05, 3.63) is 5.21 Å². The van der Waals surface area contributed by atoms with E-state index in [9.17, 15) is 5.21 Å². The lowest BCUT2D eigenvalue weighted by molar-refractivity contribution is -0.956. The van der Waals surface area contributed by atoms with E-state index in [-0.39, 0.29) is 23.8 Å². The van der Waals surface area contributed by atoms with E-state index in [2.05, 4.69) is 0 Å². The molecule has 0 aromatic rings. The average molecular weight is 261 g/mol. The summed E-state index contributed by atoms with van der Waals surface area (Å²) in [7, 11) is 0. The summed E-state index contributed by atoms with van der Waals surface area (Å²) in [5, 5.41) is 21.1. The lowest BCUT2D eigenvalue weighted by Crippen LogP contribution is -3.23. The number of hydroxylamine groups is 2. The second kappa shape index (κ2) is 6.30. The summed E-state index contributed by atoms with van der Waals surface area (Å²) in [5.41, 5.74) is -0.614. The molecule has 0 spiro atoms. The van der Waals surface area contributed by atoms with Crippen LogP contribution in [0.4, 0.5) is 0 Å².